The quantitative estimate of drug-likeness (QED) is 0.170. The minimum absolute atomic E-state index is 0.333. The maximum Gasteiger partial charge on any atom is 0.335 e. The summed E-state index contributed by atoms with van der Waals surface area (Å²) in [4.78, 5) is 10.1. The van der Waals surface area contributed by atoms with Crippen molar-refractivity contribution in [3.8, 4) is 0 Å². The number of aliphatic hydroxyl groups excluding tert-OH is 5. The average molecular weight is 255 g/mol. The number of carboxylic acid groups (broad SMARTS) is 1. The van der Waals surface area contributed by atoms with Gasteiger partial charge in [0.15, 0.2) is 12.1 Å². The van der Waals surface area contributed by atoms with E-state index in [-0.39, 0.29) is 5.96 Å². The summed E-state index contributed by atoms with van der Waals surface area (Å²) in [6.07, 6.45) is -7.84. The first-order chi connectivity index (χ1) is 7.64. The molecule has 102 valence electrons. The second-order valence-corrected chi connectivity index (χ2v) is 2.97. The van der Waals surface area contributed by atoms with E-state index in [1.54, 1.807) is 0 Å². The number of hydrogen-bond donors (Lipinski definition) is 9. The summed E-state index contributed by atoms with van der Waals surface area (Å²) in [5.74, 6) is -2.06. The Morgan fingerprint density at radius 3 is 1.71 bits per heavy atom. The summed E-state index contributed by atoms with van der Waals surface area (Å²) >= 11 is 0. The molecule has 10 heteroatoms. The Hall–Kier alpha value is -1.46. The van der Waals surface area contributed by atoms with Crippen molar-refractivity contribution in [2.75, 3.05) is 6.61 Å². The van der Waals surface area contributed by atoms with Crippen LogP contribution in [-0.4, -0.2) is 73.6 Å². The lowest BCUT2D eigenvalue weighted by molar-refractivity contribution is -0.164. The van der Waals surface area contributed by atoms with Crippen molar-refractivity contribution < 1.29 is 35.4 Å². The fraction of sp³-hybridized carbons (Fsp3) is 0.714. The molecule has 0 aromatic heterocycles. The van der Waals surface area contributed by atoms with Crippen molar-refractivity contribution in [3.63, 3.8) is 0 Å². The van der Waals surface area contributed by atoms with Crippen molar-refractivity contribution in [2.45, 2.75) is 24.4 Å². The molecular weight excluding hydrogens is 238 g/mol. The third-order valence-electron chi connectivity index (χ3n) is 1.51. The summed E-state index contributed by atoms with van der Waals surface area (Å²) in [7, 11) is 0. The van der Waals surface area contributed by atoms with E-state index in [9.17, 15) is 4.79 Å². The molecule has 0 aliphatic heterocycles. The predicted molar refractivity (Wildman–Crippen MR) is 54.9 cm³/mol. The summed E-state index contributed by atoms with van der Waals surface area (Å²) in [6.45, 7) is -0.843. The van der Waals surface area contributed by atoms with E-state index in [1.165, 1.54) is 0 Å². The molecule has 0 aliphatic carbocycles. The average Bonchev–Trinajstić information content (AvgIpc) is 2.23. The standard InChI is InChI=1S/C6H12O7.CH5N3/c7-1-2(8)3(9)4(10)5(11)6(12)13;2-1(3)4/h2-5,7-11H,1H2,(H,12,13);(H5,2,3,4)/t2-,3-,4+,5-;/m1./s1. The summed E-state index contributed by atoms with van der Waals surface area (Å²) in [6, 6.07) is 0. The van der Waals surface area contributed by atoms with Gasteiger partial charge in [0.05, 0.1) is 6.61 Å². The summed E-state index contributed by atoms with van der Waals surface area (Å²) in [5.41, 5.74) is 8.94. The molecule has 4 atom stereocenters. The number of aliphatic carboxylic acids is 1. The third kappa shape index (κ3) is 8.36. The summed E-state index contributed by atoms with van der Waals surface area (Å²) < 4.78 is 0. The number of nitrogens with two attached hydrogens (primary N) is 2. The highest BCUT2D eigenvalue weighted by Gasteiger charge is 2.33. The lowest BCUT2D eigenvalue weighted by atomic mass is 10.0. The van der Waals surface area contributed by atoms with Gasteiger partial charge in [0, 0.05) is 0 Å². The molecule has 0 amide bonds. The largest absolute Gasteiger partial charge is 0.479 e. The van der Waals surface area contributed by atoms with E-state index >= 15 is 0 Å². The minimum atomic E-state index is -2.20. The zero-order valence-corrected chi connectivity index (χ0v) is 8.76. The molecule has 0 bridgehead atoms. The van der Waals surface area contributed by atoms with Crippen molar-refractivity contribution in [1.82, 2.24) is 0 Å². The number of aliphatic hydroxyl groups is 5. The number of hydrogen-bond acceptors (Lipinski definition) is 7. The monoisotopic (exact) mass is 255 g/mol. The fourth-order valence-electron chi connectivity index (χ4n) is 0.668. The Kier molecular flexibility index (Phi) is 9.13. The van der Waals surface area contributed by atoms with Crippen LogP contribution in [0.15, 0.2) is 0 Å². The van der Waals surface area contributed by atoms with Gasteiger partial charge in [-0.05, 0) is 0 Å². The van der Waals surface area contributed by atoms with E-state index < -0.39 is 37.0 Å². The first-order valence-corrected chi connectivity index (χ1v) is 4.30. The molecule has 0 aromatic rings. The Bertz CT molecular complexity index is 246. The van der Waals surface area contributed by atoms with Crippen molar-refractivity contribution in [1.29, 1.82) is 5.41 Å². The molecular formula is C7H17N3O7. The number of guanidine groups is 1. The Labute approximate surface area is 96.2 Å². The summed E-state index contributed by atoms with van der Waals surface area (Å²) in [5, 5.41) is 57.9. The van der Waals surface area contributed by atoms with E-state index in [0.717, 1.165) is 0 Å². The van der Waals surface area contributed by atoms with Gasteiger partial charge >= 0.3 is 5.97 Å². The van der Waals surface area contributed by atoms with Gasteiger partial charge in [0.1, 0.15) is 18.3 Å². The molecule has 0 fully saturated rings. The molecule has 10 nitrogen and oxygen atoms in total. The Balaban J connectivity index is 0. The van der Waals surface area contributed by atoms with Crippen LogP contribution in [0.5, 0.6) is 0 Å². The van der Waals surface area contributed by atoms with Crippen LogP contribution in [0.3, 0.4) is 0 Å². The number of carbonyl (C=O) groups is 1. The molecule has 0 saturated carbocycles. The van der Waals surface area contributed by atoms with Crippen LogP contribution in [0, 0.1) is 5.41 Å². The van der Waals surface area contributed by atoms with Gasteiger partial charge < -0.3 is 42.1 Å². The van der Waals surface area contributed by atoms with E-state index in [2.05, 4.69) is 11.5 Å². The fourth-order valence-corrected chi connectivity index (χ4v) is 0.668. The number of nitrogens with one attached hydrogen (secondary N) is 1. The van der Waals surface area contributed by atoms with E-state index in [0.29, 0.717) is 0 Å². The topological polar surface area (TPSA) is 214 Å². The predicted octanol–water partition coefficient (Wildman–Crippen LogP) is -4.65. The number of rotatable bonds is 5. The van der Waals surface area contributed by atoms with Crippen LogP contribution in [0.1, 0.15) is 0 Å². The van der Waals surface area contributed by atoms with Crippen molar-refractivity contribution in [2.24, 2.45) is 11.5 Å². The molecule has 0 heterocycles. The first-order valence-electron chi connectivity index (χ1n) is 4.30. The van der Waals surface area contributed by atoms with Gasteiger partial charge in [-0.15, -0.1) is 0 Å². The Morgan fingerprint density at radius 1 is 1.12 bits per heavy atom. The highest BCUT2D eigenvalue weighted by molar-refractivity contribution is 5.72. The molecule has 0 rings (SSSR count). The molecule has 0 radical (unpaired) electrons. The van der Waals surface area contributed by atoms with Gasteiger partial charge in [-0.2, -0.15) is 0 Å². The van der Waals surface area contributed by atoms with Crippen LogP contribution in [0.25, 0.3) is 0 Å². The molecule has 0 aliphatic rings. The van der Waals surface area contributed by atoms with Gasteiger partial charge in [-0.1, -0.05) is 0 Å². The molecule has 0 spiro atoms. The second-order valence-electron chi connectivity index (χ2n) is 2.97. The zero-order chi connectivity index (χ0) is 14.2. The zero-order valence-electron chi connectivity index (χ0n) is 8.76. The van der Waals surface area contributed by atoms with Gasteiger partial charge in [-0.3, -0.25) is 5.41 Å². The second kappa shape index (κ2) is 8.66. The maximum absolute atomic E-state index is 10.1. The highest BCUT2D eigenvalue weighted by atomic mass is 16.4. The maximum atomic E-state index is 10.1. The highest BCUT2D eigenvalue weighted by Crippen LogP contribution is 2.04. The lowest BCUT2D eigenvalue weighted by Crippen LogP contribution is -2.48. The first kappa shape index (κ1) is 17.9. The SMILES string of the molecule is N=C(N)N.O=C(O)[C@H](O)[C@@H](O)[C@H](O)[C@H](O)CO. The van der Waals surface area contributed by atoms with Crippen LogP contribution in [-0.2, 0) is 4.79 Å². The van der Waals surface area contributed by atoms with Gasteiger partial charge in [0.2, 0.25) is 0 Å². The molecule has 0 saturated heterocycles. The van der Waals surface area contributed by atoms with Crippen molar-refractivity contribution in [3.05, 3.63) is 0 Å². The van der Waals surface area contributed by atoms with Crippen molar-refractivity contribution >= 4 is 11.9 Å². The molecule has 11 N–H and O–H groups in total. The molecule has 17 heavy (non-hydrogen) atoms. The Morgan fingerprint density at radius 2 is 1.47 bits per heavy atom. The van der Waals surface area contributed by atoms with E-state index in [4.69, 9.17) is 36.0 Å². The normalized spacial score (nSPS) is 17.0. The smallest absolute Gasteiger partial charge is 0.335 e. The van der Waals surface area contributed by atoms with Gasteiger partial charge in [0.25, 0.3) is 0 Å². The molecule has 0 aromatic carbocycles. The lowest BCUT2D eigenvalue weighted by Gasteiger charge is -2.23. The van der Waals surface area contributed by atoms with Crippen LogP contribution >= 0.6 is 0 Å². The van der Waals surface area contributed by atoms with Gasteiger partial charge in [-0.25, -0.2) is 4.79 Å². The third-order valence-corrected chi connectivity index (χ3v) is 1.51. The van der Waals surface area contributed by atoms with Crippen LogP contribution in [0.2, 0.25) is 0 Å². The van der Waals surface area contributed by atoms with Crippen LogP contribution in [0.4, 0.5) is 0 Å². The minimum Gasteiger partial charge on any atom is -0.479 e. The van der Waals surface area contributed by atoms with Crippen LogP contribution < -0.4 is 11.5 Å². The molecule has 0 unspecified atom stereocenters. The number of carboxylic acids is 1. The van der Waals surface area contributed by atoms with E-state index in [1.807, 2.05) is 0 Å².